The number of carbonyl (C=O) groups excluding carboxylic acids is 1. The molecule has 9 nitrogen and oxygen atoms in total. The molecule has 1 heterocycles. The van der Waals surface area contributed by atoms with Crippen LogP contribution in [0.2, 0.25) is 0 Å². The summed E-state index contributed by atoms with van der Waals surface area (Å²) in [6.07, 6.45) is 0.919. The van der Waals surface area contributed by atoms with Crippen LogP contribution in [0.4, 0.5) is 10.1 Å². The van der Waals surface area contributed by atoms with E-state index in [9.17, 15) is 24.1 Å². The van der Waals surface area contributed by atoms with Gasteiger partial charge in [0.1, 0.15) is 18.2 Å². The molecule has 0 unspecified atom stereocenters. The summed E-state index contributed by atoms with van der Waals surface area (Å²) in [5.41, 5.74) is -1.18. The van der Waals surface area contributed by atoms with E-state index in [2.05, 4.69) is 0 Å². The third-order valence-corrected chi connectivity index (χ3v) is 4.03. The van der Waals surface area contributed by atoms with Crippen LogP contribution in [0.25, 0.3) is 0 Å². The Balaban J connectivity index is 2.26. The highest BCUT2D eigenvalue weighted by atomic mass is 19.1. The largest absolute Gasteiger partial charge is 0.494 e. The number of hydrogen-bond acceptors (Lipinski definition) is 6. The average Bonchev–Trinajstić information content (AvgIpc) is 2.67. The topological polar surface area (TPSA) is 118 Å². The molecule has 0 saturated heterocycles. The maximum absolute atomic E-state index is 13.8. The molecule has 10 heteroatoms. The van der Waals surface area contributed by atoms with Crippen molar-refractivity contribution < 1.29 is 18.8 Å². The molecule has 0 saturated carbocycles. The Hall–Kier alpha value is -3.74. The summed E-state index contributed by atoms with van der Waals surface area (Å²) in [5.74, 6) is -1.01. The summed E-state index contributed by atoms with van der Waals surface area (Å²) >= 11 is 0. The van der Waals surface area contributed by atoms with E-state index in [0.29, 0.717) is 5.56 Å². The molecule has 0 aliphatic rings. The molecule has 0 radical (unpaired) electrons. The predicted molar refractivity (Wildman–Crippen MR) is 96.1 cm³/mol. The van der Waals surface area contributed by atoms with Crippen LogP contribution in [0.5, 0.6) is 5.75 Å². The van der Waals surface area contributed by atoms with E-state index in [-0.39, 0.29) is 18.8 Å². The smallest absolute Gasteiger partial charge is 0.287 e. The van der Waals surface area contributed by atoms with Crippen molar-refractivity contribution in [2.24, 2.45) is 0 Å². The first-order valence-corrected chi connectivity index (χ1v) is 8.19. The number of benzene rings is 1. The number of hydrogen-bond donors (Lipinski definition) is 0. The van der Waals surface area contributed by atoms with Crippen molar-refractivity contribution in [1.82, 2.24) is 9.47 Å². The quantitative estimate of drug-likeness (QED) is 0.527. The molecule has 2 aromatic rings. The molecule has 0 aliphatic heterocycles. The molecule has 1 aromatic heterocycles. The van der Waals surface area contributed by atoms with Gasteiger partial charge in [0.05, 0.1) is 18.2 Å². The Morgan fingerprint density at radius 1 is 1.43 bits per heavy atom. The van der Waals surface area contributed by atoms with Gasteiger partial charge < -0.3 is 9.64 Å². The minimum Gasteiger partial charge on any atom is -0.494 e. The number of amides is 1. The number of likely N-dealkylation sites (N-methyl/N-ethyl adjacent to an activating group) is 1. The lowest BCUT2D eigenvalue weighted by atomic mass is 10.2. The maximum atomic E-state index is 13.8. The second-order valence-electron chi connectivity index (χ2n) is 5.79. The normalized spacial score (nSPS) is 10.2. The van der Waals surface area contributed by atoms with Crippen molar-refractivity contribution >= 4 is 11.6 Å². The summed E-state index contributed by atoms with van der Waals surface area (Å²) in [5, 5.41) is 19.9. The summed E-state index contributed by atoms with van der Waals surface area (Å²) in [6, 6.07) is 6.73. The van der Waals surface area contributed by atoms with Crippen molar-refractivity contribution in [2.45, 2.75) is 20.0 Å². The SMILES string of the molecule is CCN(Cc1ccc(OC)c(F)c1)C(=O)Cn1cc([N+](=O)[O-])cc(C#N)c1=O. The van der Waals surface area contributed by atoms with Gasteiger partial charge in [0.2, 0.25) is 5.91 Å². The van der Waals surface area contributed by atoms with E-state index in [1.807, 2.05) is 0 Å². The minimum absolute atomic E-state index is 0.0744. The van der Waals surface area contributed by atoms with Gasteiger partial charge in [-0.15, -0.1) is 0 Å². The summed E-state index contributed by atoms with van der Waals surface area (Å²) < 4.78 is 19.5. The first-order chi connectivity index (χ1) is 13.3. The monoisotopic (exact) mass is 388 g/mol. The molecule has 0 atom stereocenters. The second kappa shape index (κ2) is 8.77. The lowest BCUT2D eigenvalue weighted by Gasteiger charge is -2.21. The van der Waals surface area contributed by atoms with Crippen molar-refractivity contribution in [2.75, 3.05) is 13.7 Å². The predicted octanol–water partition coefficient (Wildman–Crippen LogP) is 1.82. The number of halogens is 1. The summed E-state index contributed by atoms with van der Waals surface area (Å²) in [7, 11) is 1.34. The fraction of sp³-hybridized carbons (Fsp3) is 0.278. The van der Waals surface area contributed by atoms with E-state index in [4.69, 9.17) is 10.00 Å². The van der Waals surface area contributed by atoms with Crippen LogP contribution in [0.15, 0.2) is 35.3 Å². The van der Waals surface area contributed by atoms with E-state index < -0.39 is 40.0 Å². The van der Waals surface area contributed by atoms with Crippen LogP contribution in [0.1, 0.15) is 18.1 Å². The molecule has 28 heavy (non-hydrogen) atoms. The second-order valence-corrected chi connectivity index (χ2v) is 5.79. The van der Waals surface area contributed by atoms with Crippen molar-refractivity contribution in [1.29, 1.82) is 5.26 Å². The van der Waals surface area contributed by atoms with Crippen LogP contribution in [-0.2, 0) is 17.9 Å². The molecule has 0 aliphatic carbocycles. The molecule has 0 spiro atoms. The summed E-state index contributed by atoms with van der Waals surface area (Å²) in [4.78, 5) is 36.3. The van der Waals surface area contributed by atoms with E-state index >= 15 is 0 Å². The van der Waals surface area contributed by atoms with E-state index in [1.165, 1.54) is 24.1 Å². The molecule has 0 fully saturated rings. The summed E-state index contributed by atoms with van der Waals surface area (Å²) in [6.45, 7) is 1.56. The highest BCUT2D eigenvalue weighted by Crippen LogP contribution is 2.19. The van der Waals surface area contributed by atoms with E-state index in [1.54, 1.807) is 19.1 Å². The Morgan fingerprint density at radius 2 is 2.14 bits per heavy atom. The Kier molecular flexibility index (Phi) is 6.44. The lowest BCUT2D eigenvalue weighted by molar-refractivity contribution is -0.385. The number of nitrogens with zero attached hydrogens (tertiary/aromatic N) is 4. The third-order valence-electron chi connectivity index (χ3n) is 4.03. The highest BCUT2D eigenvalue weighted by molar-refractivity contribution is 5.76. The molecule has 1 amide bonds. The first kappa shape index (κ1) is 20.6. The van der Waals surface area contributed by atoms with Gasteiger partial charge in [-0.05, 0) is 24.6 Å². The molecule has 1 aromatic carbocycles. The van der Waals surface area contributed by atoms with Gasteiger partial charge in [-0.3, -0.25) is 24.3 Å². The molecule has 2 rings (SSSR count). The number of nitro groups is 1. The first-order valence-electron chi connectivity index (χ1n) is 8.19. The molecule has 146 valence electrons. The van der Waals surface area contributed by atoms with Gasteiger partial charge in [-0.25, -0.2) is 4.39 Å². The lowest BCUT2D eigenvalue weighted by Crippen LogP contribution is -2.36. The zero-order valence-corrected chi connectivity index (χ0v) is 15.2. The van der Waals surface area contributed by atoms with Crippen LogP contribution in [0.3, 0.4) is 0 Å². The molecule has 0 bridgehead atoms. The molecular weight excluding hydrogens is 371 g/mol. The van der Waals surface area contributed by atoms with Crippen LogP contribution in [-0.4, -0.2) is 34.0 Å². The van der Waals surface area contributed by atoms with Crippen molar-refractivity contribution in [3.63, 3.8) is 0 Å². The van der Waals surface area contributed by atoms with Crippen LogP contribution >= 0.6 is 0 Å². The van der Waals surface area contributed by atoms with Gasteiger partial charge in [-0.1, -0.05) is 6.07 Å². The van der Waals surface area contributed by atoms with Crippen molar-refractivity contribution in [3.8, 4) is 11.8 Å². The fourth-order valence-corrected chi connectivity index (χ4v) is 2.57. The molecular formula is C18H17FN4O5. The number of methoxy groups -OCH3 is 1. The third kappa shape index (κ3) is 4.50. The Morgan fingerprint density at radius 3 is 2.68 bits per heavy atom. The van der Waals surface area contributed by atoms with Gasteiger partial charge >= 0.3 is 0 Å². The number of nitriles is 1. The maximum Gasteiger partial charge on any atom is 0.287 e. The fourth-order valence-electron chi connectivity index (χ4n) is 2.57. The number of carbonyl (C=O) groups is 1. The Labute approximate surface area is 159 Å². The zero-order chi connectivity index (χ0) is 20.8. The average molecular weight is 388 g/mol. The number of aromatic nitrogens is 1. The van der Waals surface area contributed by atoms with E-state index in [0.717, 1.165) is 16.8 Å². The van der Waals surface area contributed by atoms with Crippen LogP contribution in [0, 0.1) is 27.3 Å². The zero-order valence-electron chi connectivity index (χ0n) is 15.2. The highest BCUT2D eigenvalue weighted by Gasteiger charge is 2.19. The van der Waals surface area contributed by atoms with Gasteiger partial charge in [0.25, 0.3) is 11.2 Å². The van der Waals surface area contributed by atoms with Gasteiger partial charge in [0, 0.05) is 19.2 Å². The standard InChI is InChI=1S/C18H17FN4O5/c1-3-21(9-12-4-5-16(28-2)15(19)6-12)17(24)11-22-10-14(23(26)27)7-13(8-20)18(22)25/h4-7,10H,3,9,11H2,1-2H3. The van der Waals surface area contributed by atoms with Crippen LogP contribution < -0.4 is 10.3 Å². The number of ether oxygens (including phenoxy) is 1. The Bertz CT molecular complexity index is 1010. The van der Waals surface area contributed by atoms with Gasteiger partial charge in [0.15, 0.2) is 11.6 Å². The number of pyridine rings is 1. The number of rotatable bonds is 7. The van der Waals surface area contributed by atoms with Crippen molar-refractivity contribution in [3.05, 3.63) is 67.9 Å². The molecule has 0 N–H and O–H groups in total. The minimum atomic E-state index is -0.798. The van der Waals surface area contributed by atoms with Gasteiger partial charge in [-0.2, -0.15) is 5.26 Å².